The smallest absolute Gasteiger partial charge is 0.126 e. The molecule has 0 aliphatic rings. The third-order valence-electron chi connectivity index (χ3n) is 3.32. The van der Waals surface area contributed by atoms with E-state index in [2.05, 4.69) is 10.3 Å². The Morgan fingerprint density at radius 3 is 2.40 bits per heavy atom. The molecule has 0 bridgehead atoms. The van der Waals surface area contributed by atoms with E-state index in [1.165, 1.54) is 12.1 Å². The zero-order valence-electron chi connectivity index (χ0n) is 11.6. The highest BCUT2D eigenvalue weighted by Crippen LogP contribution is 2.30. The van der Waals surface area contributed by atoms with Crippen molar-refractivity contribution in [3.63, 3.8) is 0 Å². The van der Waals surface area contributed by atoms with Crippen LogP contribution in [0, 0.1) is 11.6 Å². The number of hydrogen-bond donors (Lipinski definition) is 1. The Labute approximate surface area is 117 Å². The molecule has 0 amide bonds. The SMILES string of the molecule is CCNC(c1cc(F)cc(F)c1)C(C)c1ccccn1. The van der Waals surface area contributed by atoms with Crippen LogP contribution in [0.4, 0.5) is 8.78 Å². The highest BCUT2D eigenvalue weighted by molar-refractivity contribution is 5.25. The van der Waals surface area contributed by atoms with Crippen molar-refractivity contribution in [3.05, 3.63) is 65.5 Å². The fourth-order valence-electron chi connectivity index (χ4n) is 2.37. The van der Waals surface area contributed by atoms with Crippen molar-refractivity contribution < 1.29 is 8.78 Å². The van der Waals surface area contributed by atoms with Crippen molar-refractivity contribution in [1.29, 1.82) is 0 Å². The molecule has 0 aliphatic heterocycles. The molecule has 0 fully saturated rings. The zero-order valence-corrected chi connectivity index (χ0v) is 11.6. The standard InChI is InChI=1S/C16H18F2N2/c1-3-19-16(11(2)15-6-4-5-7-20-15)12-8-13(17)10-14(18)9-12/h4-11,16,19H,3H2,1-2H3. The molecule has 1 N–H and O–H groups in total. The molecule has 20 heavy (non-hydrogen) atoms. The maximum Gasteiger partial charge on any atom is 0.126 e. The number of nitrogens with one attached hydrogen (secondary N) is 1. The molecule has 1 heterocycles. The van der Waals surface area contributed by atoms with E-state index in [0.717, 1.165) is 11.8 Å². The lowest BCUT2D eigenvalue weighted by Crippen LogP contribution is -2.26. The second kappa shape index (κ2) is 6.57. The Hall–Kier alpha value is -1.81. The molecule has 2 unspecified atom stereocenters. The molecule has 2 nitrogen and oxygen atoms in total. The molecule has 0 saturated heterocycles. The van der Waals surface area contributed by atoms with E-state index in [4.69, 9.17) is 0 Å². The van der Waals surface area contributed by atoms with Crippen LogP contribution in [-0.2, 0) is 0 Å². The molecule has 1 aromatic carbocycles. The van der Waals surface area contributed by atoms with E-state index in [1.54, 1.807) is 6.20 Å². The topological polar surface area (TPSA) is 24.9 Å². The van der Waals surface area contributed by atoms with Gasteiger partial charge < -0.3 is 5.32 Å². The second-order valence-corrected chi connectivity index (χ2v) is 4.78. The first kappa shape index (κ1) is 14.6. The van der Waals surface area contributed by atoms with Gasteiger partial charge in [0.15, 0.2) is 0 Å². The summed E-state index contributed by atoms with van der Waals surface area (Å²) in [6.07, 6.45) is 1.72. The van der Waals surface area contributed by atoms with Crippen molar-refractivity contribution in [2.75, 3.05) is 6.54 Å². The van der Waals surface area contributed by atoms with Gasteiger partial charge in [-0.3, -0.25) is 4.98 Å². The Morgan fingerprint density at radius 2 is 1.85 bits per heavy atom. The van der Waals surface area contributed by atoms with Gasteiger partial charge in [0, 0.05) is 29.9 Å². The largest absolute Gasteiger partial charge is 0.310 e. The fourth-order valence-corrected chi connectivity index (χ4v) is 2.37. The first-order valence-electron chi connectivity index (χ1n) is 6.72. The van der Waals surface area contributed by atoms with Crippen molar-refractivity contribution in [2.24, 2.45) is 0 Å². The predicted molar refractivity (Wildman–Crippen MR) is 75.4 cm³/mol. The average Bonchev–Trinajstić information content (AvgIpc) is 2.44. The first-order valence-corrected chi connectivity index (χ1v) is 6.72. The van der Waals surface area contributed by atoms with Gasteiger partial charge in [-0.05, 0) is 36.4 Å². The summed E-state index contributed by atoms with van der Waals surface area (Å²) in [5, 5.41) is 3.28. The molecular formula is C16H18F2N2. The lowest BCUT2D eigenvalue weighted by Gasteiger charge is -2.25. The summed E-state index contributed by atoms with van der Waals surface area (Å²) in [4.78, 5) is 4.32. The van der Waals surface area contributed by atoms with Crippen LogP contribution in [0.5, 0.6) is 0 Å². The number of aromatic nitrogens is 1. The van der Waals surface area contributed by atoms with Crippen LogP contribution < -0.4 is 5.32 Å². The number of hydrogen-bond acceptors (Lipinski definition) is 2. The summed E-state index contributed by atoms with van der Waals surface area (Å²) in [7, 11) is 0. The first-order chi connectivity index (χ1) is 9.61. The van der Waals surface area contributed by atoms with Crippen LogP contribution in [0.2, 0.25) is 0 Å². The van der Waals surface area contributed by atoms with E-state index < -0.39 is 11.6 Å². The third kappa shape index (κ3) is 3.39. The number of benzene rings is 1. The summed E-state index contributed by atoms with van der Waals surface area (Å²) >= 11 is 0. The molecule has 4 heteroatoms. The van der Waals surface area contributed by atoms with Crippen LogP contribution in [0.25, 0.3) is 0 Å². The summed E-state index contributed by atoms with van der Waals surface area (Å²) in [6, 6.07) is 9.13. The summed E-state index contributed by atoms with van der Waals surface area (Å²) < 4.78 is 26.8. The van der Waals surface area contributed by atoms with Crippen molar-refractivity contribution in [1.82, 2.24) is 10.3 Å². The van der Waals surface area contributed by atoms with E-state index in [1.807, 2.05) is 32.0 Å². The Kier molecular flexibility index (Phi) is 4.79. The quantitative estimate of drug-likeness (QED) is 0.898. The maximum absolute atomic E-state index is 13.4. The molecule has 0 saturated carbocycles. The molecule has 0 aliphatic carbocycles. The van der Waals surface area contributed by atoms with E-state index >= 15 is 0 Å². The zero-order chi connectivity index (χ0) is 14.5. The van der Waals surface area contributed by atoms with E-state index in [0.29, 0.717) is 12.1 Å². The summed E-state index contributed by atoms with van der Waals surface area (Å²) in [5.41, 5.74) is 1.49. The molecule has 2 atom stereocenters. The minimum absolute atomic E-state index is 0.0114. The third-order valence-corrected chi connectivity index (χ3v) is 3.32. The highest BCUT2D eigenvalue weighted by atomic mass is 19.1. The molecule has 0 radical (unpaired) electrons. The van der Waals surface area contributed by atoms with Gasteiger partial charge in [-0.1, -0.05) is 19.9 Å². The van der Waals surface area contributed by atoms with Gasteiger partial charge in [-0.15, -0.1) is 0 Å². The number of pyridine rings is 1. The molecule has 2 aromatic rings. The van der Waals surface area contributed by atoms with Gasteiger partial charge in [-0.2, -0.15) is 0 Å². The molecule has 0 spiro atoms. The lowest BCUT2D eigenvalue weighted by atomic mass is 9.91. The van der Waals surface area contributed by atoms with Gasteiger partial charge in [-0.25, -0.2) is 8.78 Å². The number of likely N-dealkylation sites (N-methyl/N-ethyl adjacent to an activating group) is 1. The minimum Gasteiger partial charge on any atom is -0.310 e. The molecular weight excluding hydrogens is 258 g/mol. The Morgan fingerprint density at radius 1 is 1.15 bits per heavy atom. The van der Waals surface area contributed by atoms with Gasteiger partial charge in [0.25, 0.3) is 0 Å². The van der Waals surface area contributed by atoms with Gasteiger partial charge in [0.05, 0.1) is 0 Å². The average molecular weight is 276 g/mol. The van der Waals surface area contributed by atoms with E-state index in [-0.39, 0.29) is 12.0 Å². The van der Waals surface area contributed by atoms with E-state index in [9.17, 15) is 8.78 Å². The Balaban J connectivity index is 2.35. The van der Waals surface area contributed by atoms with Crippen LogP contribution >= 0.6 is 0 Å². The number of rotatable bonds is 5. The fraction of sp³-hybridized carbons (Fsp3) is 0.312. The molecule has 106 valence electrons. The van der Waals surface area contributed by atoms with Gasteiger partial charge in [0.1, 0.15) is 11.6 Å². The predicted octanol–water partition coefficient (Wildman–Crippen LogP) is 3.81. The maximum atomic E-state index is 13.4. The Bertz CT molecular complexity index is 537. The van der Waals surface area contributed by atoms with Crippen molar-refractivity contribution in [3.8, 4) is 0 Å². The van der Waals surface area contributed by atoms with Crippen LogP contribution in [0.15, 0.2) is 42.6 Å². The highest BCUT2D eigenvalue weighted by Gasteiger charge is 2.22. The van der Waals surface area contributed by atoms with Crippen molar-refractivity contribution >= 4 is 0 Å². The van der Waals surface area contributed by atoms with Crippen LogP contribution in [-0.4, -0.2) is 11.5 Å². The van der Waals surface area contributed by atoms with Crippen LogP contribution in [0.3, 0.4) is 0 Å². The summed E-state index contributed by atoms with van der Waals surface area (Å²) in [6.45, 7) is 4.67. The van der Waals surface area contributed by atoms with Gasteiger partial charge >= 0.3 is 0 Å². The van der Waals surface area contributed by atoms with Crippen LogP contribution in [0.1, 0.15) is 37.1 Å². The monoisotopic (exact) mass is 276 g/mol. The summed E-state index contributed by atoms with van der Waals surface area (Å²) in [5.74, 6) is -1.11. The minimum atomic E-state index is -0.559. The molecule has 1 aromatic heterocycles. The second-order valence-electron chi connectivity index (χ2n) is 4.78. The number of halogens is 2. The number of nitrogens with zero attached hydrogens (tertiary/aromatic N) is 1. The molecule has 2 rings (SSSR count). The normalized spacial score (nSPS) is 14.0. The van der Waals surface area contributed by atoms with Crippen molar-refractivity contribution in [2.45, 2.75) is 25.8 Å². The lowest BCUT2D eigenvalue weighted by molar-refractivity contribution is 0.465. The van der Waals surface area contributed by atoms with Gasteiger partial charge in [0.2, 0.25) is 0 Å².